The van der Waals surface area contributed by atoms with Crippen LogP contribution < -0.4 is 14.4 Å². The molecule has 0 saturated heterocycles. The largest absolute Gasteiger partial charge is 0.489 e. The van der Waals surface area contributed by atoms with Gasteiger partial charge in [-0.25, -0.2) is 8.42 Å². The average Bonchev–Trinajstić information content (AvgIpc) is 2.92. The van der Waals surface area contributed by atoms with E-state index in [9.17, 15) is 26.4 Å². The number of halogens is 4. The lowest BCUT2D eigenvalue weighted by Crippen LogP contribution is -2.38. The maximum absolute atomic E-state index is 13.5. The molecule has 0 unspecified atom stereocenters. The smallest absolute Gasteiger partial charge is 0.417 e. The minimum atomic E-state index is -4.83. The molecule has 0 aliphatic heterocycles. The summed E-state index contributed by atoms with van der Waals surface area (Å²) in [4.78, 5) is 12.8. The molecule has 0 aliphatic carbocycles. The van der Waals surface area contributed by atoms with Crippen molar-refractivity contribution in [1.82, 2.24) is 0 Å². The SMILES string of the molecule is Cc1ccc(S(=O)(=O)N(CC(=O)Nc2ccc(OCc3ccccc3)cc2)c2ccc(Cl)c(C(F)(F)F)c2)cc1. The molecule has 4 aromatic rings. The summed E-state index contributed by atoms with van der Waals surface area (Å²) in [6.07, 6.45) is -4.83. The molecule has 1 amide bonds. The fourth-order valence-corrected chi connectivity index (χ4v) is 5.38. The Balaban J connectivity index is 1.56. The summed E-state index contributed by atoms with van der Waals surface area (Å²) in [5.74, 6) is -0.219. The van der Waals surface area contributed by atoms with Crippen LogP contribution in [0, 0.1) is 6.92 Å². The van der Waals surface area contributed by atoms with Crippen molar-refractivity contribution >= 4 is 38.9 Å². The van der Waals surface area contributed by atoms with Crippen LogP contribution in [-0.2, 0) is 27.6 Å². The van der Waals surface area contributed by atoms with Crippen molar-refractivity contribution in [3.8, 4) is 5.75 Å². The number of ether oxygens (including phenoxy) is 1. The molecule has 0 spiro atoms. The minimum Gasteiger partial charge on any atom is -0.489 e. The Labute approximate surface area is 235 Å². The highest BCUT2D eigenvalue weighted by Gasteiger charge is 2.35. The quantitative estimate of drug-likeness (QED) is 0.227. The van der Waals surface area contributed by atoms with Gasteiger partial charge in [-0.05, 0) is 67.1 Å². The van der Waals surface area contributed by atoms with Crippen LogP contribution >= 0.6 is 11.6 Å². The normalized spacial score (nSPS) is 11.6. The van der Waals surface area contributed by atoms with Gasteiger partial charge in [0.2, 0.25) is 5.91 Å². The second kappa shape index (κ2) is 12.0. The summed E-state index contributed by atoms with van der Waals surface area (Å²) in [7, 11) is -4.43. The van der Waals surface area contributed by atoms with E-state index in [1.54, 1.807) is 43.3 Å². The number of aryl methyl sites for hydroxylation is 1. The summed E-state index contributed by atoms with van der Waals surface area (Å²) in [6.45, 7) is 1.31. The van der Waals surface area contributed by atoms with Gasteiger partial charge in [0.1, 0.15) is 18.9 Å². The maximum Gasteiger partial charge on any atom is 0.417 e. The van der Waals surface area contributed by atoms with Gasteiger partial charge in [-0.15, -0.1) is 0 Å². The van der Waals surface area contributed by atoms with Crippen molar-refractivity contribution in [2.24, 2.45) is 0 Å². The standard InChI is InChI=1S/C29H24ClF3N2O4S/c1-20-7-14-25(15-8-20)40(37,38)35(23-11-16-27(30)26(17-23)29(31,32)33)18-28(36)34-22-9-12-24(13-10-22)39-19-21-5-3-2-4-6-21/h2-17H,18-19H2,1H3,(H,34,36). The molecule has 0 heterocycles. The van der Waals surface area contributed by atoms with E-state index >= 15 is 0 Å². The third-order valence-corrected chi connectivity index (χ3v) is 7.94. The van der Waals surface area contributed by atoms with Crippen LogP contribution in [0.1, 0.15) is 16.7 Å². The molecule has 0 fully saturated rings. The Morgan fingerprint density at radius 2 is 1.57 bits per heavy atom. The van der Waals surface area contributed by atoms with E-state index in [4.69, 9.17) is 16.3 Å². The summed E-state index contributed by atoms with van der Waals surface area (Å²) in [5.41, 5.74) is 0.520. The highest BCUT2D eigenvalue weighted by Crippen LogP contribution is 2.38. The van der Waals surface area contributed by atoms with Crippen molar-refractivity contribution in [3.63, 3.8) is 0 Å². The second-order valence-electron chi connectivity index (χ2n) is 8.83. The maximum atomic E-state index is 13.5. The molecule has 40 heavy (non-hydrogen) atoms. The summed E-state index contributed by atoms with van der Waals surface area (Å²) < 4.78 is 74.0. The first-order valence-corrected chi connectivity index (χ1v) is 13.8. The number of amides is 1. The molecule has 0 radical (unpaired) electrons. The Kier molecular flexibility index (Phi) is 8.70. The number of alkyl halides is 3. The third kappa shape index (κ3) is 7.13. The number of hydrogen-bond donors (Lipinski definition) is 1. The molecule has 0 bridgehead atoms. The number of rotatable bonds is 9. The zero-order valence-corrected chi connectivity index (χ0v) is 22.7. The van der Waals surface area contributed by atoms with Crippen LogP contribution in [0.3, 0.4) is 0 Å². The molecule has 0 aliphatic rings. The first kappa shape index (κ1) is 29.0. The van der Waals surface area contributed by atoms with Crippen LogP contribution in [0.2, 0.25) is 5.02 Å². The Bertz CT molecular complexity index is 1580. The number of nitrogens with zero attached hydrogens (tertiary/aromatic N) is 1. The average molecular weight is 589 g/mol. The number of benzene rings is 4. The fraction of sp³-hybridized carbons (Fsp3) is 0.138. The first-order valence-electron chi connectivity index (χ1n) is 12.0. The summed E-state index contributed by atoms with van der Waals surface area (Å²) in [6, 6.07) is 24.4. The first-order chi connectivity index (χ1) is 18.9. The van der Waals surface area contributed by atoms with Gasteiger partial charge in [0.15, 0.2) is 0 Å². The fourth-order valence-electron chi connectivity index (χ4n) is 3.74. The predicted molar refractivity (Wildman–Crippen MR) is 148 cm³/mol. The van der Waals surface area contributed by atoms with E-state index in [0.29, 0.717) is 28.4 Å². The Morgan fingerprint density at radius 3 is 2.20 bits per heavy atom. The minimum absolute atomic E-state index is 0.186. The monoisotopic (exact) mass is 588 g/mol. The van der Waals surface area contributed by atoms with Gasteiger partial charge in [-0.1, -0.05) is 59.6 Å². The van der Waals surface area contributed by atoms with Crippen LogP contribution in [0.15, 0.2) is 102 Å². The summed E-state index contributed by atoms with van der Waals surface area (Å²) >= 11 is 5.74. The van der Waals surface area contributed by atoms with Crippen molar-refractivity contribution < 1.29 is 31.1 Å². The van der Waals surface area contributed by atoms with Crippen LogP contribution in [0.25, 0.3) is 0 Å². The Hall–Kier alpha value is -4.02. The van der Waals surface area contributed by atoms with Gasteiger partial charge in [-0.2, -0.15) is 13.2 Å². The van der Waals surface area contributed by atoms with Gasteiger partial charge in [-0.3, -0.25) is 9.10 Å². The van der Waals surface area contributed by atoms with Crippen LogP contribution in [0.5, 0.6) is 5.75 Å². The second-order valence-corrected chi connectivity index (χ2v) is 11.1. The van der Waals surface area contributed by atoms with Crippen molar-refractivity contribution in [2.45, 2.75) is 24.6 Å². The topological polar surface area (TPSA) is 75.7 Å². The molecule has 0 aromatic heterocycles. The van der Waals surface area contributed by atoms with E-state index in [1.165, 1.54) is 12.1 Å². The van der Waals surface area contributed by atoms with Crippen molar-refractivity contribution in [1.29, 1.82) is 0 Å². The van der Waals surface area contributed by atoms with Gasteiger partial charge in [0.05, 0.1) is 21.2 Å². The number of carbonyl (C=O) groups is 1. The third-order valence-electron chi connectivity index (χ3n) is 5.83. The van der Waals surface area contributed by atoms with Crippen LogP contribution in [0.4, 0.5) is 24.5 Å². The van der Waals surface area contributed by atoms with Gasteiger partial charge in [0.25, 0.3) is 10.0 Å². The number of sulfonamides is 1. The van der Waals surface area contributed by atoms with Gasteiger partial charge >= 0.3 is 6.18 Å². The van der Waals surface area contributed by atoms with Crippen LogP contribution in [-0.4, -0.2) is 20.9 Å². The highest BCUT2D eigenvalue weighted by molar-refractivity contribution is 7.92. The molecular formula is C29H24ClF3N2O4S. The number of anilines is 2. The number of nitrogens with one attached hydrogen (secondary N) is 1. The van der Waals surface area contributed by atoms with Gasteiger partial charge < -0.3 is 10.1 Å². The number of carbonyl (C=O) groups excluding carboxylic acids is 1. The predicted octanol–water partition coefficient (Wildman–Crippen LogP) is 7.08. The Morgan fingerprint density at radius 1 is 0.925 bits per heavy atom. The zero-order valence-electron chi connectivity index (χ0n) is 21.2. The molecule has 6 nitrogen and oxygen atoms in total. The highest BCUT2D eigenvalue weighted by atomic mass is 35.5. The molecule has 208 valence electrons. The van der Waals surface area contributed by atoms with E-state index in [1.807, 2.05) is 30.3 Å². The van der Waals surface area contributed by atoms with Gasteiger partial charge in [0, 0.05) is 5.69 Å². The molecule has 1 N–H and O–H groups in total. The summed E-state index contributed by atoms with van der Waals surface area (Å²) in [5, 5.41) is 1.99. The van der Waals surface area contributed by atoms with E-state index in [-0.39, 0.29) is 10.6 Å². The van der Waals surface area contributed by atoms with Crippen molar-refractivity contribution in [3.05, 3.63) is 119 Å². The molecule has 11 heteroatoms. The lowest BCUT2D eigenvalue weighted by molar-refractivity contribution is -0.137. The lowest BCUT2D eigenvalue weighted by Gasteiger charge is -2.25. The van der Waals surface area contributed by atoms with E-state index < -0.39 is 39.2 Å². The lowest BCUT2D eigenvalue weighted by atomic mass is 10.2. The number of hydrogen-bond acceptors (Lipinski definition) is 4. The molecule has 4 rings (SSSR count). The van der Waals surface area contributed by atoms with Crippen molar-refractivity contribution in [2.75, 3.05) is 16.2 Å². The molecule has 0 atom stereocenters. The molecule has 0 saturated carbocycles. The van der Waals surface area contributed by atoms with E-state index in [2.05, 4.69) is 5.32 Å². The molecule has 4 aromatic carbocycles. The zero-order chi connectivity index (χ0) is 28.9. The molecular weight excluding hydrogens is 565 g/mol. The van der Waals surface area contributed by atoms with E-state index in [0.717, 1.165) is 23.3 Å².